The molecule has 15 nitrogen and oxygen atoms in total. The van der Waals surface area contributed by atoms with Gasteiger partial charge in [0.1, 0.15) is 55.4 Å². The minimum atomic E-state index is -1.78. The molecule has 0 amide bonds. The third kappa shape index (κ3) is 24.5. The molecule has 64 heavy (non-hydrogen) atoms. The zero-order chi connectivity index (χ0) is 46.8. The summed E-state index contributed by atoms with van der Waals surface area (Å²) in [7, 11) is 0. The lowest BCUT2D eigenvalue weighted by Gasteiger charge is -2.42. The van der Waals surface area contributed by atoms with Crippen molar-refractivity contribution in [2.75, 3.05) is 26.4 Å². The molecule has 0 aromatic rings. The second-order valence-electron chi connectivity index (χ2n) is 16.2. The molecule has 2 fully saturated rings. The van der Waals surface area contributed by atoms with Crippen LogP contribution < -0.4 is 0 Å². The van der Waals surface area contributed by atoms with Crippen molar-refractivity contribution in [3.8, 4) is 0 Å². The van der Waals surface area contributed by atoms with Crippen molar-refractivity contribution in [2.24, 2.45) is 0 Å². The number of esters is 2. The van der Waals surface area contributed by atoms with E-state index in [1.54, 1.807) is 0 Å². The highest BCUT2D eigenvalue weighted by Gasteiger charge is 2.47. The number of allylic oxidation sites excluding steroid dienone is 12. The number of carbonyl (C=O) groups excluding carboxylic acids is 2. The Balaban J connectivity index is 1.87. The molecule has 0 spiro atoms. The zero-order valence-corrected chi connectivity index (χ0v) is 38.2. The molecule has 2 aliphatic rings. The smallest absolute Gasteiger partial charge is 0.306 e. The quantitative estimate of drug-likeness (QED) is 0.0241. The maximum atomic E-state index is 13.0. The fourth-order valence-electron chi connectivity index (χ4n) is 6.83. The molecular weight excluding hydrogens is 829 g/mol. The predicted octanol–water partition coefficient (Wildman–Crippen LogP) is 5.48. The van der Waals surface area contributed by atoms with Gasteiger partial charge in [-0.1, -0.05) is 112 Å². The highest BCUT2D eigenvalue weighted by molar-refractivity contribution is 5.70. The number of aliphatic hydroxyl groups excluding tert-OH is 7. The lowest BCUT2D eigenvalue weighted by Crippen LogP contribution is -2.61. The normalized spacial score (nSPS) is 27.3. The third-order valence-corrected chi connectivity index (χ3v) is 10.7. The molecule has 15 heteroatoms. The van der Waals surface area contributed by atoms with Crippen molar-refractivity contribution in [1.82, 2.24) is 0 Å². The molecule has 2 heterocycles. The molecule has 11 atom stereocenters. The Morgan fingerprint density at radius 2 is 0.938 bits per heavy atom. The van der Waals surface area contributed by atoms with Gasteiger partial charge in [0.15, 0.2) is 18.7 Å². The summed E-state index contributed by atoms with van der Waals surface area (Å²) in [5.74, 6) is -0.989. The minimum absolute atomic E-state index is 0.135. The van der Waals surface area contributed by atoms with Gasteiger partial charge in [-0.25, -0.2) is 0 Å². The van der Waals surface area contributed by atoms with E-state index in [0.717, 1.165) is 89.9 Å². The summed E-state index contributed by atoms with van der Waals surface area (Å²) in [4.78, 5) is 25.7. The first-order valence-corrected chi connectivity index (χ1v) is 23.5. The molecule has 7 N–H and O–H groups in total. The molecule has 0 saturated carbocycles. The monoisotopic (exact) mass is 909 g/mol. The van der Waals surface area contributed by atoms with Crippen LogP contribution >= 0.6 is 0 Å². The fourth-order valence-corrected chi connectivity index (χ4v) is 6.83. The van der Waals surface area contributed by atoms with Gasteiger partial charge < -0.3 is 64.2 Å². The summed E-state index contributed by atoms with van der Waals surface area (Å²) in [5.41, 5.74) is 0. The average molecular weight is 909 g/mol. The Labute approximate surface area is 381 Å². The molecule has 0 aromatic heterocycles. The second kappa shape index (κ2) is 36.1. The van der Waals surface area contributed by atoms with Crippen LogP contribution in [0.2, 0.25) is 0 Å². The molecule has 2 rings (SSSR count). The Hall–Kier alpha value is -3.06. The van der Waals surface area contributed by atoms with Crippen LogP contribution in [0.25, 0.3) is 0 Å². The van der Waals surface area contributed by atoms with Crippen LogP contribution in [0.3, 0.4) is 0 Å². The van der Waals surface area contributed by atoms with Crippen molar-refractivity contribution in [3.63, 3.8) is 0 Å². The highest BCUT2D eigenvalue weighted by atomic mass is 16.7. The van der Waals surface area contributed by atoms with Crippen LogP contribution in [0.15, 0.2) is 72.9 Å². The maximum Gasteiger partial charge on any atom is 0.306 e. The van der Waals surface area contributed by atoms with Crippen LogP contribution in [0.5, 0.6) is 0 Å². The summed E-state index contributed by atoms with van der Waals surface area (Å²) >= 11 is 0. The average Bonchev–Trinajstić information content (AvgIpc) is 3.29. The van der Waals surface area contributed by atoms with Crippen LogP contribution in [0, 0.1) is 0 Å². The van der Waals surface area contributed by atoms with E-state index >= 15 is 0 Å². The van der Waals surface area contributed by atoms with Gasteiger partial charge in [-0.2, -0.15) is 0 Å². The van der Waals surface area contributed by atoms with Gasteiger partial charge in [-0.05, 0) is 77.0 Å². The Bertz CT molecular complexity index is 1390. The molecule has 366 valence electrons. The summed E-state index contributed by atoms with van der Waals surface area (Å²) in [6.45, 7) is 2.27. The lowest BCUT2D eigenvalue weighted by molar-refractivity contribution is -0.332. The van der Waals surface area contributed by atoms with E-state index in [1.807, 2.05) is 0 Å². The minimum Gasteiger partial charge on any atom is -0.462 e. The summed E-state index contributed by atoms with van der Waals surface area (Å²) in [5, 5.41) is 71.9. The number of carbonyl (C=O) groups is 2. The first kappa shape index (κ1) is 57.1. The second-order valence-corrected chi connectivity index (χ2v) is 16.2. The largest absolute Gasteiger partial charge is 0.462 e. The molecule has 0 bridgehead atoms. The molecule has 0 aliphatic carbocycles. The van der Waals surface area contributed by atoms with Gasteiger partial charge >= 0.3 is 11.9 Å². The van der Waals surface area contributed by atoms with Crippen molar-refractivity contribution in [1.29, 1.82) is 0 Å². The molecule has 2 aliphatic heterocycles. The van der Waals surface area contributed by atoms with Gasteiger partial charge in [0.25, 0.3) is 0 Å². The number of aliphatic hydroxyl groups is 7. The van der Waals surface area contributed by atoms with Crippen molar-refractivity contribution in [2.45, 2.75) is 197 Å². The fraction of sp³-hybridized carbons (Fsp3) is 0.714. The number of unbranched alkanes of at least 4 members (excludes halogenated alkanes) is 8. The third-order valence-electron chi connectivity index (χ3n) is 10.7. The topological polar surface area (TPSA) is 231 Å². The summed E-state index contributed by atoms with van der Waals surface area (Å²) in [6.07, 6.45) is 23.7. The molecule has 0 radical (unpaired) electrons. The number of hydrogen-bond acceptors (Lipinski definition) is 15. The van der Waals surface area contributed by atoms with Crippen LogP contribution in [-0.4, -0.2) is 142 Å². The van der Waals surface area contributed by atoms with Gasteiger partial charge in [0.05, 0.1) is 19.8 Å². The molecule has 0 aromatic carbocycles. The first-order valence-electron chi connectivity index (χ1n) is 23.5. The van der Waals surface area contributed by atoms with E-state index < -0.39 is 99.3 Å². The van der Waals surface area contributed by atoms with Gasteiger partial charge in [0, 0.05) is 12.8 Å². The van der Waals surface area contributed by atoms with E-state index in [2.05, 4.69) is 86.8 Å². The predicted molar refractivity (Wildman–Crippen MR) is 242 cm³/mol. The van der Waals surface area contributed by atoms with E-state index in [-0.39, 0.29) is 19.4 Å². The lowest BCUT2D eigenvalue weighted by atomic mass is 9.98. The summed E-state index contributed by atoms with van der Waals surface area (Å²) in [6, 6.07) is 0. The van der Waals surface area contributed by atoms with Crippen molar-refractivity contribution >= 4 is 11.9 Å². The zero-order valence-electron chi connectivity index (χ0n) is 38.2. The van der Waals surface area contributed by atoms with Gasteiger partial charge in [0.2, 0.25) is 0 Å². The van der Waals surface area contributed by atoms with Crippen LogP contribution in [0.1, 0.15) is 129 Å². The Kier molecular flexibility index (Phi) is 32.2. The van der Waals surface area contributed by atoms with E-state index in [4.69, 9.17) is 28.4 Å². The van der Waals surface area contributed by atoms with E-state index in [1.165, 1.54) is 0 Å². The Morgan fingerprint density at radius 3 is 1.48 bits per heavy atom. The van der Waals surface area contributed by atoms with E-state index in [0.29, 0.717) is 12.8 Å². The van der Waals surface area contributed by atoms with Gasteiger partial charge in [-0.3, -0.25) is 9.59 Å². The van der Waals surface area contributed by atoms with E-state index in [9.17, 15) is 45.3 Å². The molecule has 2 saturated heterocycles. The summed E-state index contributed by atoms with van der Waals surface area (Å²) < 4.78 is 33.4. The van der Waals surface area contributed by atoms with Crippen molar-refractivity contribution in [3.05, 3.63) is 72.9 Å². The highest BCUT2D eigenvalue weighted by Crippen LogP contribution is 2.26. The molecular formula is C49H80O15. The maximum absolute atomic E-state index is 13.0. The first-order chi connectivity index (χ1) is 31.0. The van der Waals surface area contributed by atoms with Crippen LogP contribution in [-0.2, 0) is 38.0 Å². The standard InChI is InChI=1S/C49H80O15/c1-3-5-7-9-11-13-15-17-18-20-22-24-26-28-30-32-41(52)62-37(34-59-40(51)31-29-27-25-23-21-19-16-14-12-10-8-6-4-2)35-60-48-47(58)45(56)43(54)39(64-48)36-61-49-46(57)44(55)42(53)38(33-50)63-49/h5-8,11-14,17-19,21,37-39,42-50,53-58H,3-4,9-10,15-16,20,22-36H2,1-2H3/b7-5-,8-6-,13-11-,14-12-,18-17-,21-19-. The number of ether oxygens (including phenoxy) is 6. The van der Waals surface area contributed by atoms with Crippen LogP contribution in [0.4, 0.5) is 0 Å². The SMILES string of the molecule is CC/C=C\C/C=C\C/C=C\CCCCCCCC(=O)OC(COC(=O)CCCCC/C=C\C/C=C\C/C=C\CC)COC1OC(COC2OC(CO)C(O)C(O)C2O)C(O)C(O)C1O. The number of hydrogen-bond donors (Lipinski definition) is 7. The number of rotatable bonds is 34. The van der Waals surface area contributed by atoms with Gasteiger partial charge in [-0.15, -0.1) is 0 Å². The Morgan fingerprint density at radius 1 is 0.500 bits per heavy atom. The van der Waals surface area contributed by atoms with Crippen molar-refractivity contribution < 1.29 is 73.8 Å². The molecule has 11 unspecified atom stereocenters.